The largest absolute Gasteiger partial charge is 0.385 e. The molecule has 1 aromatic carbocycles. The van der Waals surface area contributed by atoms with E-state index in [0.29, 0.717) is 0 Å². The maximum absolute atomic E-state index is 3.76. The van der Waals surface area contributed by atoms with E-state index in [0.717, 1.165) is 25.9 Å². The van der Waals surface area contributed by atoms with Crippen molar-refractivity contribution in [3.8, 4) is 0 Å². The second kappa shape index (κ2) is 7.77. The minimum absolute atomic E-state index is 0.960. The van der Waals surface area contributed by atoms with Crippen molar-refractivity contribution in [2.75, 3.05) is 23.7 Å². The van der Waals surface area contributed by atoms with Gasteiger partial charge in [-0.2, -0.15) is 0 Å². The minimum atomic E-state index is 0.960. The predicted octanol–water partition coefficient (Wildman–Crippen LogP) is 4.06. The zero-order valence-corrected chi connectivity index (χ0v) is 11.1. The second-order valence-corrected chi connectivity index (χ2v) is 4.16. The Balaban J connectivity index is 2.75. The highest BCUT2D eigenvalue weighted by Crippen LogP contribution is 2.20. The van der Waals surface area contributed by atoms with E-state index < -0.39 is 0 Å². The first-order chi connectivity index (χ1) is 8.30. The van der Waals surface area contributed by atoms with Crippen molar-refractivity contribution in [1.29, 1.82) is 0 Å². The number of aryl methyl sites for hydroxylation is 1. The molecule has 0 amide bonds. The molecule has 0 aliphatic heterocycles. The van der Waals surface area contributed by atoms with Crippen molar-refractivity contribution in [3.05, 3.63) is 36.4 Å². The number of unbranched alkanes of at least 4 members (excludes halogenated alkanes) is 1. The summed E-state index contributed by atoms with van der Waals surface area (Å²) in [7, 11) is 0. The number of hydrogen-bond acceptors (Lipinski definition) is 2. The van der Waals surface area contributed by atoms with E-state index in [-0.39, 0.29) is 0 Å². The van der Waals surface area contributed by atoms with E-state index in [9.17, 15) is 0 Å². The van der Waals surface area contributed by atoms with Gasteiger partial charge in [0.1, 0.15) is 0 Å². The van der Waals surface area contributed by atoms with E-state index in [2.05, 4.69) is 49.3 Å². The number of hydrogen-bond donors (Lipinski definition) is 2. The molecule has 0 fully saturated rings. The molecule has 0 saturated heterocycles. The van der Waals surface area contributed by atoms with Crippen molar-refractivity contribution < 1.29 is 0 Å². The molecule has 0 radical (unpaired) electrons. The number of anilines is 2. The lowest BCUT2D eigenvalue weighted by Gasteiger charge is -2.11. The van der Waals surface area contributed by atoms with E-state index in [1.165, 1.54) is 23.4 Å². The van der Waals surface area contributed by atoms with Gasteiger partial charge in [-0.1, -0.05) is 6.08 Å². The molecule has 0 atom stereocenters. The normalized spacial score (nSPS) is 10.0. The lowest BCUT2D eigenvalue weighted by Crippen LogP contribution is -2.02. The maximum atomic E-state index is 3.76. The molecule has 0 aliphatic rings. The average Bonchev–Trinajstić information content (AvgIpc) is 2.30. The lowest BCUT2D eigenvalue weighted by atomic mass is 10.1. The van der Waals surface area contributed by atoms with Gasteiger partial charge < -0.3 is 10.6 Å². The molecule has 0 unspecified atom stereocenters. The molecule has 2 N–H and O–H groups in total. The summed E-state index contributed by atoms with van der Waals surface area (Å²) in [5, 5.41) is 6.75. The van der Waals surface area contributed by atoms with Gasteiger partial charge in [0.2, 0.25) is 0 Å². The molecular weight excluding hydrogens is 208 g/mol. The summed E-state index contributed by atoms with van der Waals surface area (Å²) in [4.78, 5) is 0. The van der Waals surface area contributed by atoms with Gasteiger partial charge in [0.15, 0.2) is 0 Å². The molecule has 0 aliphatic carbocycles. The van der Waals surface area contributed by atoms with Gasteiger partial charge in [0.05, 0.1) is 0 Å². The van der Waals surface area contributed by atoms with Crippen molar-refractivity contribution in [3.63, 3.8) is 0 Å². The summed E-state index contributed by atoms with van der Waals surface area (Å²) in [6.07, 6.45) is 5.36. The molecular formula is C15H24N2. The molecule has 0 saturated carbocycles. The molecule has 0 bridgehead atoms. The van der Waals surface area contributed by atoms with Gasteiger partial charge >= 0.3 is 0 Å². The van der Waals surface area contributed by atoms with Crippen LogP contribution in [0.2, 0.25) is 0 Å². The Labute approximate surface area is 105 Å². The Morgan fingerprint density at radius 3 is 2.12 bits per heavy atom. The quantitative estimate of drug-likeness (QED) is 0.522. The summed E-state index contributed by atoms with van der Waals surface area (Å²) in [6, 6.07) is 6.66. The van der Waals surface area contributed by atoms with E-state index in [1.54, 1.807) is 0 Å². The Morgan fingerprint density at radius 1 is 1.06 bits per heavy atom. The van der Waals surface area contributed by atoms with Crippen LogP contribution < -0.4 is 10.6 Å². The van der Waals surface area contributed by atoms with Crippen LogP contribution in [0.15, 0.2) is 30.9 Å². The van der Waals surface area contributed by atoms with Crippen molar-refractivity contribution in [2.24, 2.45) is 0 Å². The smallest absolute Gasteiger partial charge is 0.0363 e. The second-order valence-electron chi connectivity index (χ2n) is 4.16. The maximum Gasteiger partial charge on any atom is 0.0363 e. The molecule has 1 rings (SSSR count). The van der Waals surface area contributed by atoms with Crippen LogP contribution in [0.3, 0.4) is 0 Å². The fourth-order valence-electron chi connectivity index (χ4n) is 1.90. The van der Waals surface area contributed by atoms with Gasteiger partial charge in [-0.05, 0) is 56.9 Å². The van der Waals surface area contributed by atoms with Gasteiger partial charge in [0.25, 0.3) is 0 Å². The highest BCUT2D eigenvalue weighted by Gasteiger charge is 2.00. The van der Waals surface area contributed by atoms with Crippen molar-refractivity contribution >= 4 is 11.4 Å². The zero-order valence-electron chi connectivity index (χ0n) is 11.1. The highest BCUT2D eigenvalue weighted by atomic mass is 14.9. The lowest BCUT2D eigenvalue weighted by molar-refractivity contribution is 0.844. The van der Waals surface area contributed by atoms with Gasteiger partial charge in [0, 0.05) is 24.5 Å². The Bertz CT molecular complexity index is 321. The summed E-state index contributed by atoms with van der Waals surface area (Å²) in [5.74, 6) is 0. The summed E-state index contributed by atoms with van der Waals surface area (Å²) < 4.78 is 0. The molecule has 94 valence electrons. The molecule has 0 spiro atoms. The molecule has 0 heterocycles. The van der Waals surface area contributed by atoms with Crippen LogP contribution in [0.4, 0.5) is 11.4 Å². The van der Waals surface area contributed by atoms with E-state index >= 15 is 0 Å². The Hall–Kier alpha value is -1.44. The zero-order chi connectivity index (χ0) is 12.5. The number of rotatable bonds is 8. The third-order valence-electron chi connectivity index (χ3n) is 2.63. The molecule has 2 heteroatoms. The first-order valence-corrected chi connectivity index (χ1v) is 6.52. The van der Waals surface area contributed by atoms with Crippen LogP contribution in [0.5, 0.6) is 0 Å². The monoisotopic (exact) mass is 232 g/mol. The third kappa shape index (κ3) is 4.94. The van der Waals surface area contributed by atoms with Gasteiger partial charge in [-0.25, -0.2) is 0 Å². The average molecular weight is 232 g/mol. The van der Waals surface area contributed by atoms with Crippen LogP contribution >= 0.6 is 0 Å². The molecule has 2 nitrogen and oxygen atoms in total. The third-order valence-corrected chi connectivity index (χ3v) is 2.63. The first-order valence-electron chi connectivity index (χ1n) is 6.52. The fraction of sp³-hybridized carbons (Fsp3) is 0.467. The fourth-order valence-corrected chi connectivity index (χ4v) is 1.90. The van der Waals surface area contributed by atoms with E-state index in [4.69, 9.17) is 0 Å². The van der Waals surface area contributed by atoms with Crippen molar-refractivity contribution in [1.82, 2.24) is 0 Å². The standard InChI is InChI=1S/C15H24N2/c1-4-7-8-9-13-10-14(16-5-2)12-15(11-13)17-6-3/h4,10-12,16-17H,1,5-9H2,2-3H3. The Kier molecular flexibility index (Phi) is 6.23. The summed E-state index contributed by atoms with van der Waals surface area (Å²) in [6.45, 7) is 9.93. The Morgan fingerprint density at radius 2 is 1.65 bits per heavy atom. The van der Waals surface area contributed by atoms with Crippen LogP contribution in [0.25, 0.3) is 0 Å². The first kappa shape index (κ1) is 13.6. The molecule has 17 heavy (non-hydrogen) atoms. The minimum Gasteiger partial charge on any atom is -0.385 e. The van der Waals surface area contributed by atoms with E-state index in [1.807, 2.05) is 6.08 Å². The van der Waals surface area contributed by atoms with Crippen LogP contribution in [0.1, 0.15) is 32.3 Å². The summed E-state index contributed by atoms with van der Waals surface area (Å²) >= 11 is 0. The van der Waals surface area contributed by atoms with Gasteiger partial charge in [-0.3, -0.25) is 0 Å². The topological polar surface area (TPSA) is 24.1 Å². The number of allylic oxidation sites excluding steroid dienone is 1. The molecule has 1 aromatic rings. The SMILES string of the molecule is C=CCCCc1cc(NCC)cc(NCC)c1. The van der Waals surface area contributed by atoms with Crippen molar-refractivity contribution in [2.45, 2.75) is 33.1 Å². The predicted molar refractivity (Wildman–Crippen MR) is 77.9 cm³/mol. The molecule has 0 aromatic heterocycles. The van der Waals surface area contributed by atoms with Crippen LogP contribution in [-0.2, 0) is 6.42 Å². The highest BCUT2D eigenvalue weighted by molar-refractivity contribution is 5.59. The van der Waals surface area contributed by atoms with Gasteiger partial charge in [-0.15, -0.1) is 6.58 Å². The summed E-state index contributed by atoms with van der Waals surface area (Å²) in [5.41, 5.74) is 3.81. The van der Waals surface area contributed by atoms with Crippen LogP contribution in [-0.4, -0.2) is 13.1 Å². The number of benzene rings is 1. The number of nitrogens with one attached hydrogen (secondary N) is 2. The van der Waals surface area contributed by atoms with Crippen LogP contribution in [0, 0.1) is 0 Å².